The SMILES string of the molecule is COc1cccc(S(=O)(=O)N2CCC3C(CN3CC3CCCCC3)C2)c1. The summed E-state index contributed by atoms with van der Waals surface area (Å²) in [6.07, 6.45) is 7.90. The van der Waals surface area contributed by atoms with E-state index in [0.717, 1.165) is 18.9 Å². The second-order valence-corrected chi connectivity index (χ2v) is 10.1. The molecule has 144 valence electrons. The molecule has 0 aromatic heterocycles. The van der Waals surface area contributed by atoms with E-state index in [4.69, 9.17) is 4.74 Å². The summed E-state index contributed by atoms with van der Waals surface area (Å²) in [7, 11) is -1.86. The fourth-order valence-corrected chi connectivity index (χ4v) is 6.53. The molecule has 1 saturated carbocycles. The van der Waals surface area contributed by atoms with Gasteiger partial charge in [-0.2, -0.15) is 4.31 Å². The van der Waals surface area contributed by atoms with Gasteiger partial charge in [-0.15, -0.1) is 0 Å². The van der Waals surface area contributed by atoms with Crippen molar-refractivity contribution in [3.05, 3.63) is 24.3 Å². The lowest BCUT2D eigenvalue weighted by Crippen LogP contribution is -2.64. The third kappa shape index (κ3) is 3.51. The van der Waals surface area contributed by atoms with Crippen molar-refractivity contribution >= 4 is 10.0 Å². The van der Waals surface area contributed by atoms with Gasteiger partial charge in [0.2, 0.25) is 10.0 Å². The van der Waals surface area contributed by atoms with Crippen LogP contribution in [-0.2, 0) is 10.0 Å². The van der Waals surface area contributed by atoms with Crippen molar-refractivity contribution in [2.45, 2.75) is 49.5 Å². The lowest BCUT2D eigenvalue weighted by molar-refractivity contribution is -0.0369. The summed E-state index contributed by atoms with van der Waals surface area (Å²) in [4.78, 5) is 2.96. The van der Waals surface area contributed by atoms with Gasteiger partial charge in [0.1, 0.15) is 5.75 Å². The zero-order valence-electron chi connectivity index (χ0n) is 15.6. The molecule has 0 radical (unpaired) electrons. The molecule has 4 rings (SSSR count). The van der Waals surface area contributed by atoms with Crippen LogP contribution in [0.1, 0.15) is 38.5 Å². The van der Waals surface area contributed by atoms with Gasteiger partial charge in [-0.3, -0.25) is 4.90 Å². The van der Waals surface area contributed by atoms with Gasteiger partial charge in [-0.25, -0.2) is 8.42 Å². The molecule has 2 unspecified atom stereocenters. The van der Waals surface area contributed by atoms with Crippen LogP contribution in [0, 0.1) is 11.8 Å². The minimum atomic E-state index is -3.43. The number of likely N-dealkylation sites (tertiary alicyclic amines) is 1. The zero-order valence-corrected chi connectivity index (χ0v) is 16.5. The van der Waals surface area contributed by atoms with Crippen LogP contribution in [0.15, 0.2) is 29.2 Å². The van der Waals surface area contributed by atoms with Crippen LogP contribution >= 0.6 is 0 Å². The Kier molecular flexibility index (Phi) is 5.26. The first-order valence-electron chi connectivity index (χ1n) is 9.96. The predicted molar refractivity (Wildman–Crippen MR) is 102 cm³/mol. The molecule has 0 amide bonds. The third-order valence-electron chi connectivity index (χ3n) is 6.49. The van der Waals surface area contributed by atoms with Crippen molar-refractivity contribution in [3.63, 3.8) is 0 Å². The van der Waals surface area contributed by atoms with Gasteiger partial charge in [0, 0.05) is 44.2 Å². The van der Waals surface area contributed by atoms with Crippen molar-refractivity contribution in [1.82, 2.24) is 9.21 Å². The lowest BCUT2D eigenvalue weighted by atomic mass is 9.81. The third-order valence-corrected chi connectivity index (χ3v) is 8.35. The van der Waals surface area contributed by atoms with Gasteiger partial charge >= 0.3 is 0 Å². The first-order valence-corrected chi connectivity index (χ1v) is 11.4. The summed E-state index contributed by atoms with van der Waals surface area (Å²) in [5.41, 5.74) is 0. The largest absolute Gasteiger partial charge is 0.497 e. The predicted octanol–water partition coefficient (Wildman–Crippen LogP) is 2.97. The molecule has 6 heteroatoms. The number of hydrogen-bond acceptors (Lipinski definition) is 4. The van der Waals surface area contributed by atoms with Crippen LogP contribution in [-0.4, -0.2) is 57.0 Å². The molecule has 3 fully saturated rings. The van der Waals surface area contributed by atoms with Crippen molar-refractivity contribution in [3.8, 4) is 5.75 Å². The zero-order chi connectivity index (χ0) is 18.1. The number of piperidine rings is 1. The molecular formula is C20H30N2O3S. The molecule has 1 aromatic carbocycles. The summed E-state index contributed by atoms with van der Waals surface area (Å²) >= 11 is 0. The average Bonchev–Trinajstić information content (AvgIpc) is 2.66. The van der Waals surface area contributed by atoms with Crippen molar-refractivity contribution < 1.29 is 13.2 Å². The van der Waals surface area contributed by atoms with E-state index in [1.165, 1.54) is 38.6 Å². The smallest absolute Gasteiger partial charge is 0.243 e. The molecule has 0 spiro atoms. The highest BCUT2D eigenvalue weighted by atomic mass is 32.2. The van der Waals surface area contributed by atoms with Crippen LogP contribution in [0.4, 0.5) is 0 Å². The molecule has 2 atom stereocenters. The first kappa shape index (κ1) is 18.3. The highest BCUT2D eigenvalue weighted by Gasteiger charge is 2.45. The Morgan fingerprint density at radius 3 is 2.65 bits per heavy atom. The molecule has 2 heterocycles. The molecule has 2 aliphatic heterocycles. The standard InChI is InChI=1S/C20H30N2O3S/c1-25-18-8-5-9-19(12-18)26(23,24)22-11-10-20-17(15-22)14-21(20)13-16-6-3-2-4-7-16/h5,8-9,12,16-17,20H,2-4,6-7,10-11,13-15H2,1H3. The number of nitrogens with zero attached hydrogens (tertiary/aromatic N) is 2. The molecule has 26 heavy (non-hydrogen) atoms. The minimum absolute atomic E-state index is 0.341. The van der Waals surface area contributed by atoms with Crippen LogP contribution in [0.25, 0.3) is 0 Å². The molecule has 3 aliphatic rings. The Bertz CT molecular complexity index is 730. The van der Waals surface area contributed by atoms with Crippen LogP contribution in [0.5, 0.6) is 5.75 Å². The summed E-state index contributed by atoms with van der Waals surface area (Å²) in [6.45, 7) is 3.57. The first-order chi connectivity index (χ1) is 12.6. The highest BCUT2D eigenvalue weighted by molar-refractivity contribution is 7.89. The quantitative estimate of drug-likeness (QED) is 0.790. The molecule has 1 aliphatic carbocycles. The van der Waals surface area contributed by atoms with Crippen LogP contribution < -0.4 is 4.74 Å². The highest BCUT2D eigenvalue weighted by Crippen LogP contribution is 2.37. The van der Waals surface area contributed by atoms with Gasteiger partial charge in [0.05, 0.1) is 12.0 Å². The monoisotopic (exact) mass is 378 g/mol. The van der Waals surface area contributed by atoms with E-state index in [2.05, 4.69) is 4.90 Å². The number of benzene rings is 1. The van der Waals surface area contributed by atoms with Gasteiger partial charge in [0.15, 0.2) is 0 Å². The Balaban J connectivity index is 1.37. The van der Waals surface area contributed by atoms with Gasteiger partial charge in [-0.1, -0.05) is 25.3 Å². The maximum atomic E-state index is 13.0. The maximum absolute atomic E-state index is 13.0. The lowest BCUT2D eigenvalue weighted by Gasteiger charge is -2.54. The molecule has 5 nitrogen and oxygen atoms in total. The minimum Gasteiger partial charge on any atom is -0.497 e. The molecule has 0 bridgehead atoms. The number of rotatable bonds is 5. The van der Waals surface area contributed by atoms with E-state index >= 15 is 0 Å². The topological polar surface area (TPSA) is 49.9 Å². The van der Waals surface area contributed by atoms with Crippen molar-refractivity contribution in [2.75, 3.05) is 33.3 Å². The van der Waals surface area contributed by atoms with Crippen molar-refractivity contribution in [2.24, 2.45) is 11.8 Å². The summed E-state index contributed by atoms with van der Waals surface area (Å²) in [5, 5.41) is 0. The maximum Gasteiger partial charge on any atom is 0.243 e. The van der Waals surface area contributed by atoms with Gasteiger partial charge in [-0.05, 0) is 37.3 Å². The molecule has 0 N–H and O–H groups in total. The van der Waals surface area contributed by atoms with E-state index in [-0.39, 0.29) is 0 Å². The fraction of sp³-hybridized carbons (Fsp3) is 0.700. The Hall–Kier alpha value is -1.11. The molecule has 1 aromatic rings. The summed E-state index contributed by atoms with van der Waals surface area (Å²) in [5.74, 6) is 1.94. The number of fused-ring (bicyclic) bond motifs is 1. The fourth-order valence-electron chi connectivity index (χ4n) is 4.99. The van der Waals surface area contributed by atoms with E-state index in [1.54, 1.807) is 35.7 Å². The number of hydrogen-bond donors (Lipinski definition) is 0. The summed E-state index contributed by atoms with van der Waals surface area (Å²) < 4.78 is 32.8. The average molecular weight is 379 g/mol. The van der Waals surface area contributed by atoms with Crippen molar-refractivity contribution in [1.29, 1.82) is 0 Å². The Labute approximate surface area is 157 Å². The van der Waals surface area contributed by atoms with Crippen LogP contribution in [0.2, 0.25) is 0 Å². The van der Waals surface area contributed by atoms with E-state index in [1.807, 2.05) is 0 Å². The second kappa shape index (κ2) is 7.49. The van der Waals surface area contributed by atoms with Gasteiger partial charge in [0.25, 0.3) is 0 Å². The Morgan fingerprint density at radius 1 is 1.12 bits per heavy atom. The number of sulfonamides is 1. The summed E-state index contributed by atoms with van der Waals surface area (Å²) in [6, 6.07) is 7.40. The van der Waals surface area contributed by atoms with Crippen LogP contribution in [0.3, 0.4) is 0 Å². The van der Waals surface area contributed by atoms with E-state index < -0.39 is 10.0 Å². The van der Waals surface area contributed by atoms with Gasteiger partial charge < -0.3 is 4.74 Å². The second-order valence-electron chi connectivity index (χ2n) is 8.12. The van der Waals surface area contributed by atoms with E-state index in [9.17, 15) is 8.42 Å². The molecular weight excluding hydrogens is 348 g/mol. The number of methoxy groups -OCH3 is 1. The normalized spacial score (nSPS) is 28.3. The van der Waals surface area contributed by atoms with E-state index in [0.29, 0.717) is 35.7 Å². The number of ether oxygens (including phenoxy) is 1. The molecule has 2 saturated heterocycles. The Morgan fingerprint density at radius 2 is 1.92 bits per heavy atom.